The van der Waals surface area contributed by atoms with Crippen molar-refractivity contribution in [1.82, 2.24) is 14.8 Å². The number of fused-ring (bicyclic) bond motifs is 1. The molecule has 1 aliphatic rings. The molecule has 42 heavy (non-hydrogen) atoms. The largest absolute Gasteiger partial charge is 0.487 e. The van der Waals surface area contributed by atoms with Crippen LogP contribution >= 0.6 is 11.6 Å². The fourth-order valence-electron chi connectivity index (χ4n) is 4.14. The molecule has 0 aliphatic carbocycles. The zero-order chi connectivity index (χ0) is 30.4. The monoisotopic (exact) mass is 608 g/mol. The highest BCUT2D eigenvalue weighted by atomic mass is 35.5. The van der Waals surface area contributed by atoms with Crippen LogP contribution in [0.1, 0.15) is 37.8 Å². The Balaban J connectivity index is 1.44. The second kappa shape index (κ2) is 10.6. The molecule has 0 spiro atoms. The van der Waals surface area contributed by atoms with Crippen molar-refractivity contribution in [3.63, 3.8) is 0 Å². The Morgan fingerprint density at radius 3 is 2.52 bits per heavy atom. The molecule has 5 rings (SSSR count). The van der Waals surface area contributed by atoms with Crippen LogP contribution in [0, 0.1) is 0 Å². The minimum absolute atomic E-state index is 0.0163. The Kier molecular flexibility index (Phi) is 7.27. The number of alkyl halides is 5. The summed E-state index contributed by atoms with van der Waals surface area (Å²) in [5.41, 5.74) is -1.33. The van der Waals surface area contributed by atoms with E-state index < -0.39 is 47.9 Å². The molecule has 0 fully saturated rings. The number of carboxylic acid groups (broad SMARTS) is 1. The quantitative estimate of drug-likeness (QED) is 0.256. The van der Waals surface area contributed by atoms with Gasteiger partial charge in [-0.15, -0.1) is 0 Å². The highest BCUT2D eigenvalue weighted by Gasteiger charge is 2.41. The highest BCUT2D eigenvalue weighted by molar-refractivity contribution is 6.32. The van der Waals surface area contributed by atoms with Gasteiger partial charge in [0.05, 0.1) is 40.3 Å². The Hall–Kier alpha value is -4.72. The van der Waals surface area contributed by atoms with E-state index >= 15 is 0 Å². The molecule has 4 aromatic rings. The van der Waals surface area contributed by atoms with Crippen LogP contribution in [0.3, 0.4) is 0 Å². The maximum atomic E-state index is 13.7. The van der Waals surface area contributed by atoms with Crippen molar-refractivity contribution in [3.05, 3.63) is 94.0 Å². The van der Waals surface area contributed by atoms with Crippen LogP contribution < -0.4 is 14.4 Å². The van der Waals surface area contributed by atoms with Gasteiger partial charge in [0.2, 0.25) is 0 Å². The lowest BCUT2D eigenvalue weighted by molar-refractivity contribution is -0.159. The molecule has 1 amide bonds. The summed E-state index contributed by atoms with van der Waals surface area (Å²) in [6, 6.07) is 11.9. The van der Waals surface area contributed by atoms with Crippen molar-refractivity contribution in [3.8, 4) is 17.2 Å². The third-order valence-electron chi connectivity index (χ3n) is 6.24. The highest BCUT2D eigenvalue weighted by Crippen LogP contribution is 2.39. The average Bonchev–Trinajstić information content (AvgIpc) is 3.45. The zero-order valence-electron chi connectivity index (χ0n) is 21.3. The Bertz CT molecular complexity index is 1690. The maximum absolute atomic E-state index is 13.7. The van der Waals surface area contributed by atoms with Gasteiger partial charge in [-0.05, 0) is 42.5 Å². The molecule has 3 heterocycles. The fourth-order valence-corrected chi connectivity index (χ4v) is 4.42. The Morgan fingerprint density at radius 1 is 1.14 bits per heavy atom. The third kappa shape index (κ3) is 5.70. The van der Waals surface area contributed by atoms with E-state index in [1.807, 2.05) is 0 Å². The number of aromatic carboxylic acids is 1. The van der Waals surface area contributed by atoms with Gasteiger partial charge in [-0.1, -0.05) is 17.7 Å². The molecular weight excluding hydrogens is 591 g/mol. The molecule has 0 saturated carbocycles. The van der Waals surface area contributed by atoms with E-state index in [1.54, 1.807) is 0 Å². The number of ether oxygens (including phenoxy) is 2. The van der Waals surface area contributed by atoms with E-state index in [1.165, 1.54) is 67.8 Å². The first-order valence-corrected chi connectivity index (χ1v) is 12.4. The number of carboxylic acids is 1. The van der Waals surface area contributed by atoms with Crippen LogP contribution in [0.2, 0.25) is 5.02 Å². The van der Waals surface area contributed by atoms with Crippen molar-refractivity contribution in [2.24, 2.45) is 0 Å². The Labute approximate surface area is 238 Å². The lowest BCUT2D eigenvalue weighted by Gasteiger charge is -2.18. The van der Waals surface area contributed by atoms with Gasteiger partial charge in [0.1, 0.15) is 23.8 Å². The van der Waals surface area contributed by atoms with E-state index in [4.69, 9.17) is 21.4 Å². The van der Waals surface area contributed by atoms with E-state index in [0.29, 0.717) is 0 Å². The standard InChI is InChI=1S/C27H18ClF5N4O5/c1-36(17-10-21-19(34-12-17)11-26(29,30)42-21)24(38)15-3-2-4-16(9-15)37-20(22(28)23(35-37)27(31,32)33)13-41-18-7-5-14(6-8-18)25(39)40/h2-10,12H,11,13H2,1H3,(H,39,40). The lowest BCUT2D eigenvalue weighted by Crippen LogP contribution is -2.26. The van der Waals surface area contributed by atoms with Gasteiger partial charge in [-0.2, -0.15) is 27.1 Å². The second-order valence-electron chi connectivity index (χ2n) is 9.11. The zero-order valence-corrected chi connectivity index (χ0v) is 22.1. The molecule has 1 aliphatic heterocycles. The molecule has 0 saturated heterocycles. The number of amides is 1. The van der Waals surface area contributed by atoms with Crippen LogP contribution in [0.15, 0.2) is 60.8 Å². The summed E-state index contributed by atoms with van der Waals surface area (Å²) >= 11 is 6.09. The van der Waals surface area contributed by atoms with Crippen molar-refractivity contribution < 1.29 is 46.1 Å². The van der Waals surface area contributed by atoms with Gasteiger partial charge in [-0.25, -0.2) is 9.48 Å². The SMILES string of the molecule is CN(C(=O)c1cccc(-n2nc(C(F)(F)F)c(Cl)c2COc2ccc(C(=O)O)cc2)c1)c1cnc2c(c1)OC(F)(F)C2. The molecular formula is C27H18ClF5N4O5. The first-order valence-electron chi connectivity index (χ1n) is 12.0. The molecule has 15 heteroatoms. The second-order valence-corrected chi connectivity index (χ2v) is 9.48. The molecule has 2 aromatic carbocycles. The molecule has 9 nitrogen and oxygen atoms in total. The van der Waals surface area contributed by atoms with Gasteiger partial charge in [0.15, 0.2) is 5.69 Å². The van der Waals surface area contributed by atoms with Crippen LogP contribution in [0.4, 0.5) is 27.6 Å². The van der Waals surface area contributed by atoms with Crippen molar-refractivity contribution in [2.75, 3.05) is 11.9 Å². The number of anilines is 1. The maximum Gasteiger partial charge on any atom is 0.436 e. The topological polar surface area (TPSA) is 107 Å². The van der Waals surface area contributed by atoms with Crippen molar-refractivity contribution in [1.29, 1.82) is 0 Å². The number of pyridine rings is 1. The number of aromatic nitrogens is 3. The first-order chi connectivity index (χ1) is 19.7. The minimum atomic E-state index is -4.91. The van der Waals surface area contributed by atoms with E-state index in [0.717, 1.165) is 9.58 Å². The summed E-state index contributed by atoms with van der Waals surface area (Å²) in [7, 11) is 1.37. The molecule has 0 radical (unpaired) electrons. The number of hydrogen-bond donors (Lipinski definition) is 1. The lowest BCUT2D eigenvalue weighted by atomic mass is 10.1. The summed E-state index contributed by atoms with van der Waals surface area (Å²) in [6.45, 7) is -0.488. The van der Waals surface area contributed by atoms with Gasteiger partial charge in [0, 0.05) is 18.7 Å². The van der Waals surface area contributed by atoms with Crippen molar-refractivity contribution >= 4 is 29.2 Å². The normalized spacial score (nSPS) is 13.8. The number of halogens is 6. The molecule has 0 bridgehead atoms. The predicted molar refractivity (Wildman–Crippen MR) is 138 cm³/mol. The Morgan fingerprint density at radius 2 is 1.86 bits per heavy atom. The predicted octanol–water partition coefficient (Wildman–Crippen LogP) is 6.02. The number of nitrogens with zero attached hydrogens (tertiary/aromatic N) is 4. The van der Waals surface area contributed by atoms with Crippen molar-refractivity contribution in [2.45, 2.75) is 25.3 Å². The number of carbonyl (C=O) groups excluding carboxylic acids is 1. The number of hydrogen-bond acceptors (Lipinski definition) is 6. The molecule has 1 N–H and O–H groups in total. The van der Waals surface area contributed by atoms with Crippen LogP contribution in [-0.2, 0) is 19.2 Å². The summed E-state index contributed by atoms with van der Waals surface area (Å²) in [5.74, 6) is -1.81. The summed E-state index contributed by atoms with van der Waals surface area (Å²) in [5, 5.41) is 12.0. The van der Waals surface area contributed by atoms with Gasteiger partial charge in [0.25, 0.3) is 5.91 Å². The minimum Gasteiger partial charge on any atom is -0.487 e. The van der Waals surface area contributed by atoms with E-state index in [-0.39, 0.29) is 45.4 Å². The number of benzene rings is 2. The van der Waals surface area contributed by atoms with Gasteiger partial charge < -0.3 is 19.5 Å². The summed E-state index contributed by atoms with van der Waals surface area (Å²) < 4.78 is 79.3. The van der Waals surface area contributed by atoms with Crippen LogP contribution in [0.25, 0.3) is 5.69 Å². The molecule has 0 unspecified atom stereocenters. The van der Waals surface area contributed by atoms with E-state index in [2.05, 4.69) is 14.8 Å². The summed E-state index contributed by atoms with van der Waals surface area (Å²) in [4.78, 5) is 29.4. The van der Waals surface area contributed by atoms with E-state index in [9.17, 15) is 31.5 Å². The molecule has 2 aromatic heterocycles. The molecule has 0 atom stereocenters. The summed E-state index contributed by atoms with van der Waals surface area (Å²) in [6.07, 6.45) is -7.79. The number of carbonyl (C=O) groups is 2. The molecule has 218 valence electrons. The van der Waals surface area contributed by atoms with Crippen LogP contribution in [-0.4, -0.2) is 44.9 Å². The fraction of sp³-hybridized carbons (Fsp3) is 0.185. The van der Waals surface area contributed by atoms with Gasteiger partial charge in [-0.3, -0.25) is 9.78 Å². The number of rotatable bonds is 7. The smallest absolute Gasteiger partial charge is 0.436 e. The first kappa shape index (κ1) is 28.8. The van der Waals surface area contributed by atoms with Gasteiger partial charge >= 0.3 is 18.3 Å². The average molecular weight is 609 g/mol. The van der Waals surface area contributed by atoms with Crippen LogP contribution in [0.5, 0.6) is 11.5 Å². The third-order valence-corrected chi connectivity index (χ3v) is 6.64.